The zero-order valence-corrected chi connectivity index (χ0v) is 20.2. The maximum Gasteiger partial charge on any atom is 0.228 e. The van der Waals surface area contributed by atoms with Crippen molar-refractivity contribution in [3.05, 3.63) is 53.4 Å². The van der Waals surface area contributed by atoms with E-state index in [4.69, 9.17) is 9.47 Å². The van der Waals surface area contributed by atoms with E-state index in [9.17, 15) is 5.26 Å². The lowest BCUT2D eigenvalue weighted by Crippen LogP contribution is -2.26. The molecule has 2 aromatic rings. The number of hydrogen-bond acceptors (Lipinski definition) is 8. The molecular weight excluding hydrogens is 440 g/mol. The highest BCUT2D eigenvalue weighted by molar-refractivity contribution is 6.08. The average molecular weight is 473 g/mol. The van der Waals surface area contributed by atoms with Gasteiger partial charge < -0.3 is 20.1 Å². The van der Waals surface area contributed by atoms with Crippen LogP contribution in [-0.2, 0) is 4.74 Å². The van der Waals surface area contributed by atoms with Crippen LogP contribution in [0, 0.1) is 17.2 Å². The van der Waals surface area contributed by atoms with Crippen molar-refractivity contribution >= 4 is 17.4 Å². The van der Waals surface area contributed by atoms with Gasteiger partial charge in [-0.15, -0.1) is 0 Å². The van der Waals surface area contributed by atoms with Gasteiger partial charge in [-0.05, 0) is 66.8 Å². The SMILES string of the molecule is C[C@@H]1CN=C(Nc2ncc(C3CCNCC3)cn2)C=C1c1ccc(OC2CCOCC2)c(C#N)c1. The molecule has 0 spiro atoms. The second kappa shape index (κ2) is 11.0. The Balaban J connectivity index is 1.29. The van der Waals surface area contributed by atoms with Gasteiger partial charge in [-0.25, -0.2) is 9.97 Å². The van der Waals surface area contributed by atoms with Crippen molar-refractivity contribution in [1.29, 1.82) is 5.26 Å². The fraction of sp³-hybridized carbons (Fsp3) is 0.481. The number of nitrogens with one attached hydrogen (secondary N) is 2. The van der Waals surface area contributed by atoms with Gasteiger partial charge in [0.25, 0.3) is 0 Å². The van der Waals surface area contributed by atoms with Crippen molar-refractivity contribution in [3.63, 3.8) is 0 Å². The minimum absolute atomic E-state index is 0.0959. The summed E-state index contributed by atoms with van der Waals surface area (Å²) < 4.78 is 11.5. The van der Waals surface area contributed by atoms with Crippen LogP contribution in [0.3, 0.4) is 0 Å². The van der Waals surface area contributed by atoms with Gasteiger partial charge in [0.15, 0.2) is 0 Å². The molecule has 182 valence electrons. The summed E-state index contributed by atoms with van der Waals surface area (Å²) in [6.07, 6.45) is 9.93. The van der Waals surface area contributed by atoms with Crippen LogP contribution in [-0.4, -0.2) is 54.8 Å². The highest BCUT2D eigenvalue weighted by atomic mass is 16.5. The maximum absolute atomic E-state index is 9.77. The van der Waals surface area contributed by atoms with Crippen molar-refractivity contribution < 1.29 is 9.47 Å². The minimum Gasteiger partial charge on any atom is -0.489 e. The lowest BCUT2D eigenvalue weighted by Gasteiger charge is -2.24. The third-order valence-electron chi connectivity index (χ3n) is 6.98. The molecule has 3 aliphatic heterocycles. The summed E-state index contributed by atoms with van der Waals surface area (Å²) in [6.45, 7) is 6.30. The number of aliphatic imine (C=N–C) groups is 1. The molecule has 8 nitrogen and oxygen atoms in total. The number of rotatable bonds is 5. The molecule has 2 fully saturated rings. The molecule has 0 saturated carbocycles. The summed E-state index contributed by atoms with van der Waals surface area (Å²) in [5.74, 6) is 2.68. The van der Waals surface area contributed by atoms with Gasteiger partial charge >= 0.3 is 0 Å². The first-order valence-electron chi connectivity index (χ1n) is 12.5. The van der Waals surface area contributed by atoms with E-state index in [-0.39, 0.29) is 12.0 Å². The third kappa shape index (κ3) is 5.69. The number of ether oxygens (including phenoxy) is 2. The zero-order valence-electron chi connectivity index (χ0n) is 20.2. The van der Waals surface area contributed by atoms with Crippen molar-refractivity contribution in [2.75, 3.05) is 38.2 Å². The summed E-state index contributed by atoms with van der Waals surface area (Å²) in [4.78, 5) is 13.7. The molecule has 0 radical (unpaired) electrons. The van der Waals surface area contributed by atoms with Crippen LogP contribution >= 0.6 is 0 Å². The molecule has 0 unspecified atom stereocenters. The van der Waals surface area contributed by atoms with E-state index in [0.29, 0.717) is 42.9 Å². The molecular formula is C27H32N6O2. The number of amidine groups is 1. The number of hydrogen-bond donors (Lipinski definition) is 2. The smallest absolute Gasteiger partial charge is 0.228 e. The number of benzene rings is 1. The molecule has 35 heavy (non-hydrogen) atoms. The summed E-state index contributed by atoms with van der Waals surface area (Å²) in [5.41, 5.74) is 3.88. The molecule has 2 N–H and O–H groups in total. The lowest BCUT2D eigenvalue weighted by atomic mass is 9.90. The standard InChI is InChI=1S/C27H32N6O2/c1-18-15-30-26(33-27-31-16-22(17-32-27)19-4-8-29-9-5-19)13-24(18)20-2-3-25(21(12-20)14-28)35-23-6-10-34-11-7-23/h2-3,12-13,16-19,23,29H,4-11,15H2,1H3,(H,30,31,32,33)/t18-/m1/s1. The van der Waals surface area contributed by atoms with E-state index < -0.39 is 0 Å². The van der Waals surface area contributed by atoms with E-state index in [0.717, 1.165) is 55.7 Å². The van der Waals surface area contributed by atoms with Gasteiger partial charge in [0, 0.05) is 37.7 Å². The Labute approximate surface area is 206 Å². The van der Waals surface area contributed by atoms with Gasteiger partial charge in [0.1, 0.15) is 23.8 Å². The fourth-order valence-corrected chi connectivity index (χ4v) is 4.87. The molecule has 0 bridgehead atoms. The van der Waals surface area contributed by atoms with Gasteiger partial charge in [-0.3, -0.25) is 4.99 Å². The number of piperidine rings is 1. The van der Waals surface area contributed by atoms with E-state index in [1.165, 1.54) is 5.56 Å². The zero-order chi connectivity index (χ0) is 24.0. The summed E-state index contributed by atoms with van der Waals surface area (Å²) >= 11 is 0. The Kier molecular flexibility index (Phi) is 7.36. The highest BCUT2D eigenvalue weighted by Crippen LogP contribution is 2.31. The molecule has 1 aromatic heterocycles. The molecule has 0 amide bonds. The van der Waals surface area contributed by atoms with Crippen LogP contribution in [0.15, 0.2) is 41.7 Å². The Bertz CT molecular complexity index is 1130. The monoisotopic (exact) mass is 472 g/mol. The predicted octanol–water partition coefficient (Wildman–Crippen LogP) is 3.92. The quantitative estimate of drug-likeness (QED) is 0.680. The van der Waals surface area contributed by atoms with Crippen molar-refractivity contribution in [2.24, 2.45) is 10.9 Å². The molecule has 8 heteroatoms. The molecule has 3 aliphatic rings. The van der Waals surface area contributed by atoms with Gasteiger partial charge in [-0.2, -0.15) is 5.26 Å². The van der Waals surface area contributed by atoms with Crippen LogP contribution in [0.5, 0.6) is 5.75 Å². The Morgan fingerprint density at radius 1 is 1.11 bits per heavy atom. The Morgan fingerprint density at radius 3 is 2.63 bits per heavy atom. The van der Waals surface area contributed by atoms with Gasteiger partial charge in [-0.1, -0.05) is 13.0 Å². The van der Waals surface area contributed by atoms with Crippen molar-refractivity contribution in [1.82, 2.24) is 15.3 Å². The summed E-state index contributed by atoms with van der Waals surface area (Å²) in [5, 5.41) is 16.4. The summed E-state index contributed by atoms with van der Waals surface area (Å²) in [7, 11) is 0. The first kappa shape index (κ1) is 23.5. The second-order valence-corrected chi connectivity index (χ2v) is 9.47. The number of nitriles is 1. The van der Waals surface area contributed by atoms with E-state index in [2.05, 4.69) is 38.6 Å². The Morgan fingerprint density at radius 2 is 1.89 bits per heavy atom. The van der Waals surface area contributed by atoms with Crippen LogP contribution < -0.4 is 15.4 Å². The minimum atomic E-state index is 0.0959. The normalized spacial score (nSPS) is 21.5. The molecule has 0 aliphatic carbocycles. The average Bonchev–Trinajstić information content (AvgIpc) is 2.91. The Hall–Kier alpha value is -3.28. The maximum atomic E-state index is 9.77. The molecule has 2 saturated heterocycles. The van der Waals surface area contributed by atoms with E-state index >= 15 is 0 Å². The van der Waals surface area contributed by atoms with Crippen LogP contribution in [0.4, 0.5) is 5.95 Å². The van der Waals surface area contributed by atoms with Crippen molar-refractivity contribution in [3.8, 4) is 11.8 Å². The third-order valence-corrected chi connectivity index (χ3v) is 6.98. The first-order chi connectivity index (χ1) is 17.2. The molecule has 5 rings (SSSR count). The second-order valence-electron chi connectivity index (χ2n) is 9.47. The van der Waals surface area contributed by atoms with Gasteiger partial charge in [0.2, 0.25) is 5.95 Å². The molecule has 1 aromatic carbocycles. The van der Waals surface area contributed by atoms with E-state index in [1.807, 2.05) is 36.7 Å². The first-order valence-corrected chi connectivity index (χ1v) is 12.5. The topological polar surface area (TPSA) is 104 Å². The molecule has 1 atom stereocenters. The number of anilines is 1. The largest absolute Gasteiger partial charge is 0.489 e. The number of nitrogens with zero attached hydrogens (tertiary/aromatic N) is 4. The van der Waals surface area contributed by atoms with E-state index in [1.54, 1.807) is 0 Å². The fourth-order valence-electron chi connectivity index (χ4n) is 4.87. The van der Waals surface area contributed by atoms with Crippen LogP contribution in [0.1, 0.15) is 55.2 Å². The van der Waals surface area contributed by atoms with Crippen LogP contribution in [0.2, 0.25) is 0 Å². The predicted molar refractivity (Wildman–Crippen MR) is 136 cm³/mol. The summed E-state index contributed by atoms with van der Waals surface area (Å²) in [6, 6.07) is 8.18. The van der Waals surface area contributed by atoms with Crippen molar-refractivity contribution in [2.45, 2.75) is 44.6 Å². The highest BCUT2D eigenvalue weighted by Gasteiger charge is 2.21. The number of aromatic nitrogens is 2. The van der Waals surface area contributed by atoms with Gasteiger partial charge in [0.05, 0.1) is 18.8 Å². The number of dihydropyridines is 1. The van der Waals surface area contributed by atoms with Crippen LogP contribution in [0.25, 0.3) is 5.57 Å². The molecule has 4 heterocycles. The lowest BCUT2D eigenvalue weighted by molar-refractivity contribution is 0.0254.